The first kappa shape index (κ1) is 13.3. The molecule has 0 saturated heterocycles. The van der Waals surface area contributed by atoms with Crippen LogP contribution in [0.2, 0.25) is 0 Å². The molecule has 0 rings (SSSR count). The summed E-state index contributed by atoms with van der Waals surface area (Å²) >= 11 is 0. The van der Waals surface area contributed by atoms with Crippen molar-refractivity contribution in [2.45, 2.75) is 19.8 Å². The maximum absolute atomic E-state index is 8.51. The number of aliphatic hydroxyl groups is 1. The van der Waals surface area contributed by atoms with Crippen molar-refractivity contribution >= 4 is 0 Å². The van der Waals surface area contributed by atoms with Gasteiger partial charge in [0.1, 0.15) is 0 Å². The number of hydrogen-bond acceptors (Lipinski definition) is 1. The lowest BCUT2D eigenvalue weighted by Crippen LogP contribution is -1.77. The SMILES string of the molecule is C/C=C/C#CC#C/C=C/C=C/CCCO. The van der Waals surface area contributed by atoms with E-state index in [1.165, 1.54) is 0 Å². The van der Waals surface area contributed by atoms with E-state index in [2.05, 4.69) is 23.7 Å². The Morgan fingerprint density at radius 3 is 2.47 bits per heavy atom. The fraction of sp³-hybridized carbons (Fsp3) is 0.286. The zero-order valence-electron chi connectivity index (χ0n) is 9.03. The Hall–Kier alpha value is -1.70. The quantitative estimate of drug-likeness (QED) is 0.420. The third-order valence-corrected chi connectivity index (χ3v) is 1.41. The predicted molar refractivity (Wildman–Crippen MR) is 65.0 cm³/mol. The minimum atomic E-state index is 0.244. The molecule has 0 fully saturated rings. The van der Waals surface area contributed by atoms with Crippen molar-refractivity contribution in [3.63, 3.8) is 0 Å². The summed E-state index contributed by atoms with van der Waals surface area (Å²) in [4.78, 5) is 0. The molecular weight excluding hydrogens is 184 g/mol. The Morgan fingerprint density at radius 1 is 1.07 bits per heavy atom. The normalized spacial score (nSPS) is 10.3. The maximum Gasteiger partial charge on any atom is 0.0433 e. The number of aliphatic hydroxyl groups excluding tert-OH is 1. The van der Waals surface area contributed by atoms with Gasteiger partial charge in [-0.3, -0.25) is 0 Å². The van der Waals surface area contributed by atoms with E-state index in [-0.39, 0.29) is 6.61 Å². The summed E-state index contributed by atoms with van der Waals surface area (Å²) in [6.45, 7) is 2.16. The Kier molecular flexibility index (Phi) is 10.9. The average Bonchev–Trinajstić information content (AvgIpc) is 2.26. The monoisotopic (exact) mass is 200 g/mol. The van der Waals surface area contributed by atoms with Crippen molar-refractivity contribution in [3.05, 3.63) is 36.5 Å². The van der Waals surface area contributed by atoms with Crippen LogP contribution >= 0.6 is 0 Å². The molecular formula is C14H16O. The van der Waals surface area contributed by atoms with E-state index in [4.69, 9.17) is 5.11 Å². The largest absolute Gasteiger partial charge is 0.396 e. The fourth-order valence-corrected chi connectivity index (χ4v) is 0.726. The minimum Gasteiger partial charge on any atom is -0.396 e. The molecule has 0 amide bonds. The van der Waals surface area contributed by atoms with Crippen LogP contribution in [-0.2, 0) is 0 Å². The van der Waals surface area contributed by atoms with Gasteiger partial charge in [0.2, 0.25) is 0 Å². The third kappa shape index (κ3) is 12.3. The van der Waals surface area contributed by atoms with Crippen LogP contribution in [0.15, 0.2) is 36.5 Å². The molecule has 1 N–H and O–H groups in total. The highest BCUT2D eigenvalue weighted by Gasteiger charge is 1.75. The second kappa shape index (κ2) is 12.3. The highest BCUT2D eigenvalue weighted by atomic mass is 16.2. The molecule has 0 saturated carbocycles. The summed E-state index contributed by atoms with van der Waals surface area (Å²) in [6.07, 6.45) is 12.9. The van der Waals surface area contributed by atoms with Gasteiger partial charge in [-0.15, -0.1) is 0 Å². The molecule has 1 heteroatoms. The second-order valence-electron chi connectivity index (χ2n) is 2.69. The van der Waals surface area contributed by atoms with Gasteiger partial charge < -0.3 is 5.11 Å². The molecule has 0 aromatic heterocycles. The number of hydrogen-bond donors (Lipinski definition) is 1. The summed E-state index contributed by atoms with van der Waals surface area (Å²) in [5, 5.41) is 8.51. The van der Waals surface area contributed by atoms with Gasteiger partial charge in [0.25, 0.3) is 0 Å². The van der Waals surface area contributed by atoms with Gasteiger partial charge in [-0.2, -0.15) is 0 Å². The topological polar surface area (TPSA) is 20.2 Å². The zero-order valence-corrected chi connectivity index (χ0v) is 9.03. The van der Waals surface area contributed by atoms with E-state index in [0.29, 0.717) is 0 Å². The van der Waals surface area contributed by atoms with E-state index >= 15 is 0 Å². The Labute approximate surface area is 92.2 Å². The van der Waals surface area contributed by atoms with E-state index in [1.807, 2.05) is 31.2 Å². The van der Waals surface area contributed by atoms with Gasteiger partial charge in [0, 0.05) is 6.61 Å². The standard InChI is InChI=1S/C14H16O/c1-2-3-4-5-6-7-8-9-10-11-12-13-14-15/h2-3,8-11,15H,12-14H2,1H3/b3-2+,9-8+,11-10+. The zero-order chi connectivity index (χ0) is 11.2. The summed E-state index contributed by atoms with van der Waals surface area (Å²) in [5.41, 5.74) is 0. The van der Waals surface area contributed by atoms with E-state index in [0.717, 1.165) is 12.8 Å². The summed E-state index contributed by atoms with van der Waals surface area (Å²) in [5.74, 6) is 11.0. The third-order valence-electron chi connectivity index (χ3n) is 1.41. The van der Waals surface area contributed by atoms with E-state index in [1.54, 1.807) is 12.2 Å². The molecule has 0 aliphatic carbocycles. The van der Waals surface area contributed by atoms with Crippen molar-refractivity contribution < 1.29 is 5.11 Å². The van der Waals surface area contributed by atoms with Crippen molar-refractivity contribution in [2.75, 3.05) is 6.61 Å². The molecule has 0 bridgehead atoms. The first-order valence-corrected chi connectivity index (χ1v) is 4.96. The molecule has 78 valence electrons. The first-order chi connectivity index (χ1) is 7.41. The van der Waals surface area contributed by atoms with Crippen LogP contribution in [0.4, 0.5) is 0 Å². The fourth-order valence-electron chi connectivity index (χ4n) is 0.726. The molecule has 0 atom stereocenters. The van der Waals surface area contributed by atoms with Gasteiger partial charge in [-0.1, -0.05) is 36.1 Å². The second-order valence-corrected chi connectivity index (χ2v) is 2.69. The molecule has 0 radical (unpaired) electrons. The molecule has 0 aliphatic heterocycles. The van der Waals surface area contributed by atoms with Gasteiger partial charge in [-0.25, -0.2) is 0 Å². The van der Waals surface area contributed by atoms with E-state index in [9.17, 15) is 0 Å². The van der Waals surface area contributed by atoms with Crippen molar-refractivity contribution in [3.8, 4) is 23.7 Å². The van der Waals surface area contributed by atoms with Crippen LogP contribution in [0.25, 0.3) is 0 Å². The smallest absolute Gasteiger partial charge is 0.0433 e. The summed E-state index contributed by atoms with van der Waals surface area (Å²) < 4.78 is 0. The highest BCUT2D eigenvalue weighted by Crippen LogP contribution is 1.88. The van der Waals surface area contributed by atoms with Crippen LogP contribution in [0, 0.1) is 23.7 Å². The minimum absolute atomic E-state index is 0.244. The maximum atomic E-state index is 8.51. The summed E-state index contributed by atoms with van der Waals surface area (Å²) in [6, 6.07) is 0. The lowest BCUT2D eigenvalue weighted by atomic mass is 10.3. The molecule has 1 nitrogen and oxygen atoms in total. The van der Waals surface area contributed by atoms with Crippen LogP contribution in [-0.4, -0.2) is 11.7 Å². The molecule has 0 aromatic carbocycles. The van der Waals surface area contributed by atoms with Crippen molar-refractivity contribution in [1.29, 1.82) is 0 Å². The molecule has 0 heterocycles. The van der Waals surface area contributed by atoms with Gasteiger partial charge in [0.05, 0.1) is 0 Å². The van der Waals surface area contributed by atoms with Gasteiger partial charge in [-0.05, 0) is 43.8 Å². The summed E-state index contributed by atoms with van der Waals surface area (Å²) in [7, 11) is 0. The Morgan fingerprint density at radius 2 is 1.80 bits per heavy atom. The highest BCUT2D eigenvalue weighted by molar-refractivity contribution is 5.34. The molecule has 15 heavy (non-hydrogen) atoms. The molecule has 0 aliphatic rings. The first-order valence-electron chi connectivity index (χ1n) is 4.96. The molecule has 0 spiro atoms. The van der Waals surface area contributed by atoms with Crippen LogP contribution in [0.3, 0.4) is 0 Å². The van der Waals surface area contributed by atoms with Crippen LogP contribution < -0.4 is 0 Å². The number of allylic oxidation sites excluding steroid dienone is 6. The number of rotatable bonds is 4. The van der Waals surface area contributed by atoms with Crippen LogP contribution in [0.1, 0.15) is 19.8 Å². The van der Waals surface area contributed by atoms with Gasteiger partial charge >= 0.3 is 0 Å². The predicted octanol–water partition coefficient (Wildman–Crippen LogP) is 2.45. The average molecular weight is 200 g/mol. The number of unbranched alkanes of at least 4 members (excludes halogenated alkanes) is 1. The lowest BCUT2D eigenvalue weighted by molar-refractivity contribution is 0.289. The van der Waals surface area contributed by atoms with E-state index < -0.39 is 0 Å². The Balaban J connectivity index is 3.71. The van der Waals surface area contributed by atoms with Crippen LogP contribution in [0.5, 0.6) is 0 Å². The molecule has 0 unspecified atom stereocenters. The van der Waals surface area contributed by atoms with Crippen molar-refractivity contribution in [1.82, 2.24) is 0 Å². The Bertz CT molecular complexity index is 337. The van der Waals surface area contributed by atoms with Gasteiger partial charge in [0.15, 0.2) is 0 Å². The van der Waals surface area contributed by atoms with Crippen molar-refractivity contribution in [2.24, 2.45) is 0 Å². The molecule has 0 aromatic rings. The lowest BCUT2D eigenvalue weighted by Gasteiger charge is -1.84.